The van der Waals surface area contributed by atoms with E-state index in [2.05, 4.69) is 15.5 Å². The van der Waals surface area contributed by atoms with Crippen LogP contribution in [0.25, 0.3) is 11.2 Å². The highest BCUT2D eigenvalue weighted by molar-refractivity contribution is 5.80. The molecule has 0 atom stereocenters. The van der Waals surface area contributed by atoms with Gasteiger partial charge in [0.05, 0.1) is 19.4 Å². The molecule has 0 aliphatic carbocycles. The molecule has 3 aromatic rings. The van der Waals surface area contributed by atoms with Gasteiger partial charge in [0, 0.05) is 20.6 Å². The molecule has 0 amide bonds. The Hall–Kier alpha value is -3.40. The molecule has 3 rings (SSSR count). The van der Waals surface area contributed by atoms with Crippen LogP contribution in [0.15, 0.2) is 39.0 Å². The van der Waals surface area contributed by atoms with Crippen LogP contribution in [0.2, 0.25) is 0 Å². The van der Waals surface area contributed by atoms with E-state index in [-0.39, 0.29) is 30.3 Å². The Morgan fingerprint density at radius 3 is 2.57 bits per heavy atom. The van der Waals surface area contributed by atoms with Crippen LogP contribution in [0.5, 0.6) is 5.75 Å². The number of aromatic nitrogens is 4. The smallest absolute Gasteiger partial charge is 0.332 e. The molecule has 0 fully saturated rings. The number of fused-ring (bicyclic) bond motifs is 1. The summed E-state index contributed by atoms with van der Waals surface area (Å²) < 4.78 is 9.19. The van der Waals surface area contributed by atoms with Crippen LogP contribution >= 0.6 is 0 Å². The fourth-order valence-corrected chi connectivity index (χ4v) is 2.83. The first-order valence-corrected chi connectivity index (χ1v) is 8.77. The molecule has 2 aromatic heterocycles. The molecule has 10 heteroatoms. The lowest BCUT2D eigenvalue weighted by atomic mass is 10.2. The van der Waals surface area contributed by atoms with Gasteiger partial charge in [-0.05, 0) is 36.8 Å². The predicted octanol–water partition coefficient (Wildman–Crippen LogP) is 0.271. The highest BCUT2D eigenvalue weighted by atomic mass is 16.5. The predicted molar refractivity (Wildman–Crippen MR) is 106 cm³/mol. The molecule has 0 aliphatic heterocycles. The average molecular weight is 386 g/mol. The van der Waals surface area contributed by atoms with E-state index in [0.717, 1.165) is 15.9 Å². The van der Waals surface area contributed by atoms with E-state index in [1.165, 1.54) is 23.2 Å². The Morgan fingerprint density at radius 2 is 1.93 bits per heavy atom. The lowest BCUT2D eigenvalue weighted by molar-refractivity contribution is 0.278. The first kappa shape index (κ1) is 19.4. The standard InChI is InChI=1S/C18H22N6O4/c1-4-28-13-7-5-12(6-8-13)11-19-21-17-20-15-14(24(17)9-10-25)16(26)23(3)18(27)22(15)2/h5-8,11,25H,4,9-10H2,1-3H3,(H,20,21)/b19-11-. The van der Waals surface area contributed by atoms with Gasteiger partial charge in [0.1, 0.15) is 5.75 Å². The highest BCUT2D eigenvalue weighted by Crippen LogP contribution is 2.15. The molecule has 2 N–H and O–H groups in total. The minimum Gasteiger partial charge on any atom is -0.494 e. The molecule has 0 bridgehead atoms. The molecule has 0 saturated heterocycles. The highest BCUT2D eigenvalue weighted by Gasteiger charge is 2.18. The first-order valence-electron chi connectivity index (χ1n) is 8.77. The minimum atomic E-state index is -0.484. The van der Waals surface area contributed by atoms with Gasteiger partial charge < -0.3 is 14.4 Å². The van der Waals surface area contributed by atoms with Crippen molar-refractivity contribution in [3.63, 3.8) is 0 Å². The zero-order chi connectivity index (χ0) is 20.3. The largest absolute Gasteiger partial charge is 0.494 e. The van der Waals surface area contributed by atoms with Crippen LogP contribution in [0.3, 0.4) is 0 Å². The van der Waals surface area contributed by atoms with Crippen LogP contribution in [0.1, 0.15) is 12.5 Å². The third-order valence-corrected chi connectivity index (χ3v) is 4.24. The van der Waals surface area contributed by atoms with Gasteiger partial charge in [0.2, 0.25) is 5.95 Å². The quantitative estimate of drug-likeness (QED) is 0.445. The molecule has 10 nitrogen and oxygen atoms in total. The number of hydrogen-bond donors (Lipinski definition) is 2. The SMILES string of the molecule is CCOc1ccc(/C=N\Nc2nc3c(c(=O)n(C)c(=O)n3C)n2CCO)cc1. The van der Waals surface area contributed by atoms with E-state index in [0.29, 0.717) is 6.61 Å². The molecule has 0 spiro atoms. The van der Waals surface area contributed by atoms with Crippen molar-refractivity contribution >= 4 is 23.3 Å². The van der Waals surface area contributed by atoms with Crippen LogP contribution in [0, 0.1) is 0 Å². The molecular formula is C18H22N6O4. The van der Waals surface area contributed by atoms with Crippen molar-refractivity contribution in [1.82, 2.24) is 18.7 Å². The number of imidazole rings is 1. The molecule has 28 heavy (non-hydrogen) atoms. The van der Waals surface area contributed by atoms with Crippen LogP contribution in [-0.4, -0.2) is 43.2 Å². The topological polar surface area (TPSA) is 116 Å². The van der Waals surface area contributed by atoms with E-state index in [1.54, 1.807) is 6.21 Å². The zero-order valence-corrected chi connectivity index (χ0v) is 15.9. The molecule has 0 aliphatic rings. The number of rotatable bonds is 7. The fraction of sp³-hybridized carbons (Fsp3) is 0.333. The average Bonchev–Trinajstić information content (AvgIpc) is 3.05. The van der Waals surface area contributed by atoms with E-state index in [4.69, 9.17) is 4.74 Å². The molecule has 2 heterocycles. The van der Waals surface area contributed by atoms with Crippen molar-refractivity contribution in [2.75, 3.05) is 18.6 Å². The summed E-state index contributed by atoms with van der Waals surface area (Å²) in [5, 5.41) is 13.5. The Labute approximate surface area is 160 Å². The molecule has 0 radical (unpaired) electrons. The number of hydrogen-bond acceptors (Lipinski definition) is 7. The summed E-state index contributed by atoms with van der Waals surface area (Å²) >= 11 is 0. The van der Waals surface area contributed by atoms with Gasteiger partial charge in [-0.3, -0.25) is 13.9 Å². The van der Waals surface area contributed by atoms with E-state index in [9.17, 15) is 14.7 Å². The second-order valence-electron chi connectivity index (χ2n) is 6.06. The van der Waals surface area contributed by atoms with E-state index >= 15 is 0 Å². The number of aryl methyl sites for hydroxylation is 1. The van der Waals surface area contributed by atoms with Gasteiger partial charge in [-0.2, -0.15) is 10.1 Å². The van der Waals surface area contributed by atoms with E-state index in [1.807, 2.05) is 31.2 Å². The summed E-state index contributed by atoms with van der Waals surface area (Å²) in [5.74, 6) is 1.03. The first-order chi connectivity index (χ1) is 13.5. The summed E-state index contributed by atoms with van der Waals surface area (Å²) in [6.07, 6.45) is 1.59. The number of aliphatic hydroxyl groups excluding tert-OH is 1. The van der Waals surface area contributed by atoms with Gasteiger partial charge in [-0.25, -0.2) is 10.2 Å². The molecule has 0 unspecified atom stereocenters. The zero-order valence-electron chi connectivity index (χ0n) is 15.9. The fourth-order valence-electron chi connectivity index (χ4n) is 2.83. The van der Waals surface area contributed by atoms with Crippen LogP contribution in [0.4, 0.5) is 5.95 Å². The Balaban J connectivity index is 1.95. The van der Waals surface area contributed by atoms with Crippen LogP contribution in [-0.2, 0) is 20.6 Å². The maximum atomic E-state index is 12.5. The maximum Gasteiger partial charge on any atom is 0.332 e. The van der Waals surface area contributed by atoms with Crippen molar-refractivity contribution in [2.45, 2.75) is 13.5 Å². The van der Waals surface area contributed by atoms with Crippen molar-refractivity contribution in [1.29, 1.82) is 0 Å². The van der Waals surface area contributed by atoms with Crippen molar-refractivity contribution < 1.29 is 9.84 Å². The number of hydrazone groups is 1. The van der Waals surface area contributed by atoms with Gasteiger partial charge in [-0.1, -0.05) is 0 Å². The molecule has 0 saturated carbocycles. The third kappa shape index (κ3) is 3.54. The number of aliphatic hydroxyl groups is 1. The third-order valence-electron chi connectivity index (χ3n) is 4.24. The normalized spacial score (nSPS) is 11.4. The monoisotopic (exact) mass is 386 g/mol. The van der Waals surface area contributed by atoms with Crippen molar-refractivity contribution in [3.8, 4) is 5.75 Å². The maximum absolute atomic E-state index is 12.5. The molecular weight excluding hydrogens is 364 g/mol. The second-order valence-corrected chi connectivity index (χ2v) is 6.06. The Morgan fingerprint density at radius 1 is 1.21 bits per heavy atom. The Kier molecular flexibility index (Phi) is 5.59. The van der Waals surface area contributed by atoms with Crippen molar-refractivity contribution in [2.24, 2.45) is 19.2 Å². The van der Waals surface area contributed by atoms with Gasteiger partial charge in [0.25, 0.3) is 5.56 Å². The summed E-state index contributed by atoms with van der Waals surface area (Å²) in [7, 11) is 2.94. The minimum absolute atomic E-state index is 0.130. The van der Waals surface area contributed by atoms with E-state index < -0.39 is 11.2 Å². The number of nitrogens with one attached hydrogen (secondary N) is 1. The summed E-state index contributed by atoms with van der Waals surface area (Å²) in [4.78, 5) is 29.0. The van der Waals surface area contributed by atoms with Crippen LogP contribution < -0.4 is 21.4 Å². The lowest BCUT2D eigenvalue weighted by Gasteiger charge is -2.07. The van der Waals surface area contributed by atoms with Gasteiger partial charge in [-0.15, -0.1) is 0 Å². The van der Waals surface area contributed by atoms with Gasteiger partial charge >= 0.3 is 5.69 Å². The van der Waals surface area contributed by atoms with Crippen molar-refractivity contribution in [3.05, 3.63) is 50.7 Å². The summed E-state index contributed by atoms with van der Waals surface area (Å²) in [6, 6.07) is 7.38. The number of benzene rings is 1. The van der Waals surface area contributed by atoms with Gasteiger partial charge in [0.15, 0.2) is 11.2 Å². The molecule has 1 aromatic carbocycles. The lowest BCUT2D eigenvalue weighted by Crippen LogP contribution is -2.37. The molecule has 148 valence electrons. The number of nitrogens with zero attached hydrogens (tertiary/aromatic N) is 5. The summed E-state index contributed by atoms with van der Waals surface area (Å²) in [6.45, 7) is 2.44. The number of anilines is 1. The Bertz CT molecular complexity index is 1120. The second kappa shape index (κ2) is 8.09. The number of ether oxygens (including phenoxy) is 1. The summed E-state index contributed by atoms with van der Waals surface area (Å²) in [5.41, 5.74) is 3.10.